The lowest BCUT2D eigenvalue weighted by molar-refractivity contribution is -0.129. The predicted octanol–water partition coefficient (Wildman–Crippen LogP) is 3.66. The number of fused-ring (bicyclic) bond motifs is 1. The highest BCUT2D eigenvalue weighted by Gasteiger charge is 2.72. The summed E-state index contributed by atoms with van der Waals surface area (Å²) in [6, 6.07) is 0.0264. The minimum Gasteiger partial charge on any atom is -0.282 e. The van der Waals surface area contributed by atoms with Gasteiger partial charge in [-0.05, 0) is 37.0 Å². The normalized spacial score (nSPS) is 41.5. The van der Waals surface area contributed by atoms with Crippen molar-refractivity contribution in [3.63, 3.8) is 0 Å². The molecule has 1 amide bonds. The van der Waals surface area contributed by atoms with Crippen LogP contribution in [0, 0.1) is 16.7 Å². The molecule has 20 heavy (non-hydrogen) atoms. The van der Waals surface area contributed by atoms with Crippen LogP contribution in [0.2, 0.25) is 0 Å². The topological polar surface area (TPSA) is 60.8 Å². The van der Waals surface area contributed by atoms with Gasteiger partial charge in [-0.25, -0.2) is 4.31 Å². The van der Waals surface area contributed by atoms with E-state index in [-0.39, 0.29) is 22.8 Å². The zero-order valence-corrected chi connectivity index (χ0v) is 13.2. The number of hydrogen-bond donors (Lipinski definition) is 2. The summed E-state index contributed by atoms with van der Waals surface area (Å²) < 4.78 is 22.5. The Labute approximate surface area is 122 Å². The van der Waals surface area contributed by atoms with E-state index in [9.17, 15) is 13.9 Å². The van der Waals surface area contributed by atoms with Gasteiger partial charge in [0.15, 0.2) is 0 Å². The fourth-order valence-corrected chi connectivity index (χ4v) is 7.64. The van der Waals surface area contributed by atoms with E-state index in [4.69, 9.17) is 0 Å². The molecule has 2 bridgehead atoms. The Balaban J connectivity index is 1.94. The van der Waals surface area contributed by atoms with Crippen LogP contribution in [-0.4, -0.2) is 31.1 Å². The SMILES string of the molecule is C=CCCC(=O)N1[C@H]2C[C@@H]3CC[C@@]2(CS1(O)O)C3(C)C. The van der Waals surface area contributed by atoms with Gasteiger partial charge in [0, 0.05) is 11.8 Å². The van der Waals surface area contributed by atoms with Crippen LogP contribution in [0.4, 0.5) is 0 Å². The summed E-state index contributed by atoms with van der Waals surface area (Å²) in [6.07, 6.45) is 5.75. The van der Waals surface area contributed by atoms with Gasteiger partial charge >= 0.3 is 0 Å². The quantitative estimate of drug-likeness (QED) is 0.782. The summed E-state index contributed by atoms with van der Waals surface area (Å²) in [5.41, 5.74) is 0.0230. The average Bonchev–Trinajstić information content (AvgIpc) is 2.82. The lowest BCUT2D eigenvalue weighted by atomic mass is 9.69. The molecule has 3 rings (SSSR count). The van der Waals surface area contributed by atoms with Crippen LogP contribution in [0.3, 0.4) is 0 Å². The summed E-state index contributed by atoms with van der Waals surface area (Å²) in [5, 5.41) is 0. The van der Waals surface area contributed by atoms with E-state index >= 15 is 0 Å². The average molecular weight is 299 g/mol. The number of allylic oxidation sites excluding steroid dienone is 1. The molecular formula is C15H25NO3S. The number of amides is 1. The molecule has 1 saturated heterocycles. The largest absolute Gasteiger partial charge is 0.282 e. The molecule has 2 aliphatic carbocycles. The standard InChI is InChI=1S/C15H25NO3S/c1-4-5-6-13(17)16-12-9-11-7-8-15(12,14(11,2)3)10-20(16,18)19/h4,11-12,18-19H,1,5-10H2,2-3H3/t11-,12-,15-/m0/s1. The second-order valence-electron chi connectivity index (χ2n) is 7.19. The van der Waals surface area contributed by atoms with Crippen molar-refractivity contribution in [2.24, 2.45) is 16.7 Å². The summed E-state index contributed by atoms with van der Waals surface area (Å²) in [7, 11) is -2.94. The van der Waals surface area contributed by atoms with Crippen LogP contribution in [0.15, 0.2) is 12.7 Å². The van der Waals surface area contributed by atoms with Gasteiger partial charge in [0.1, 0.15) is 0 Å². The molecule has 3 fully saturated rings. The second-order valence-corrected chi connectivity index (χ2v) is 9.13. The first-order chi connectivity index (χ1) is 9.26. The number of hydrogen-bond acceptors (Lipinski definition) is 3. The van der Waals surface area contributed by atoms with Crippen molar-refractivity contribution in [3.8, 4) is 0 Å². The van der Waals surface area contributed by atoms with Gasteiger partial charge < -0.3 is 0 Å². The number of carbonyl (C=O) groups excluding carboxylic acids is 1. The highest BCUT2D eigenvalue weighted by molar-refractivity contribution is 8.22. The van der Waals surface area contributed by atoms with Crippen LogP contribution >= 0.6 is 10.8 Å². The second kappa shape index (κ2) is 4.24. The van der Waals surface area contributed by atoms with Gasteiger partial charge in [-0.3, -0.25) is 13.9 Å². The molecule has 1 aliphatic heterocycles. The molecule has 0 unspecified atom stereocenters. The summed E-state index contributed by atoms with van der Waals surface area (Å²) >= 11 is 0. The fraction of sp³-hybridized carbons (Fsp3) is 0.800. The molecule has 114 valence electrons. The Morgan fingerprint density at radius 2 is 2.20 bits per heavy atom. The number of nitrogens with zero attached hydrogens (tertiary/aromatic N) is 1. The molecular weight excluding hydrogens is 274 g/mol. The third-order valence-electron chi connectivity index (χ3n) is 6.25. The van der Waals surface area contributed by atoms with E-state index in [0.29, 0.717) is 24.5 Å². The maximum absolute atomic E-state index is 12.4. The van der Waals surface area contributed by atoms with Gasteiger partial charge in [0.25, 0.3) is 0 Å². The third-order valence-corrected chi connectivity index (χ3v) is 8.24. The van der Waals surface area contributed by atoms with Crippen molar-refractivity contribution in [3.05, 3.63) is 12.7 Å². The van der Waals surface area contributed by atoms with Crippen molar-refractivity contribution in [2.45, 2.75) is 52.0 Å². The summed E-state index contributed by atoms with van der Waals surface area (Å²) in [5.74, 6) is 0.876. The minimum absolute atomic E-state index is 0.0264. The molecule has 1 spiro atoms. The molecule has 0 radical (unpaired) electrons. The molecule has 4 nitrogen and oxygen atoms in total. The van der Waals surface area contributed by atoms with Crippen molar-refractivity contribution in [1.29, 1.82) is 0 Å². The molecule has 3 aliphatic rings. The lowest BCUT2D eigenvalue weighted by Gasteiger charge is -2.40. The fourth-order valence-electron chi connectivity index (χ4n) is 4.99. The molecule has 1 heterocycles. The van der Waals surface area contributed by atoms with Gasteiger partial charge in [0.2, 0.25) is 5.91 Å². The minimum atomic E-state index is -2.94. The first kappa shape index (κ1) is 14.4. The van der Waals surface area contributed by atoms with Gasteiger partial charge in [-0.15, -0.1) is 17.4 Å². The molecule has 0 aromatic heterocycles. The predicted molar refractivity (Wildman–Crippen MR) is 81.3 cm³/mol. The van der Waals surface area contributed by atoms with E-state index in [0.717, 1.165) is 19.3 Å². The molecule has 2 saturated carbocycles. The summed E-state index contributed by atoms with van der Waals surface area (Å²) in [6.45, 7) is 8.13. The monoisotopic (exact) mass is 299 g/mol. The maximum atomic E-state index is 12.4. The first-order valence-electron chi connectivity index (χ1n) is 7.45. The molecule has 2 N–H and O–H groups in total. The molecule has 0 aromatic rings. The van der Waals surface area contributed by atoms with Crippen LogP contribution in [-0.2, 0) is 4.79 Å². The zero-order chi connectivity index (χ0) is 14.8. The highest BCUT2D eigenvalue weighted by atomic mass is 32.3. The van der Waals surface area contributed by atoms with Gasteiger partial charge in [-0.2, -0.15) is 0 Å². The van der Waals surface area contributed by atoms with Crippen LogP contribution < -0.4 is 0 Å². The Morgan fingerprint density at radius 1 is 1.50 bits per heavy atom. The van der Waals surface area contributed by atoms with Crippen molar-refractivity contribution >= 4 is 16.7 Å². The van der Waals surface area contributed by atoms with Crippen molar-refractivity contribution in [1.82, 2.24) is 4.31 Å². The van der Waals surface area contributed by atoms with Gasteiger partial charge in [-0.1, -0.05) is 19.9 Å². The van der Waals surface area contributed by atoms with Crippen LogP contribution in [0.25, 0.3) is 0 Å². The first-order valence-corrected chi connectivity index (χ1v) is 9.12. The number of carbonyl (C=O) groups is 1. The summed E-state index contributed by atoms with van der Waals surface area (Å²) in [4.78, 5) is 12.4. The van der Waals surface area contributed by atoms with Crippen molar-refractivity contribution in [2.75, 3.05) is 5.75 Å². The molecule has 0 aromatic carbocycles. The molecule has 5 heteroatoms. The lowest BCUT2D eigenvalue weighted by Crippen LogP contribution is -2.43. The van der Waals surface area contributed by atoms with E-state index < -0.39 is 10.8 Å². The Morgan fingerprint density at radius 3 is 2.80 bits per heavy atom. The zero-order valence-electron chi connectivity index (χ0n) is 12.3. The van der Waals surface area contributed by atoms with E-state index in [1.54, 1.807) is 6.08 Å². The Kier molecular flexibility index (Phi) is 3.06. The Hall–Kier alpha value is -0.520. The van der Waals surface area contributed by atoms with Crippen LogP contribution in [0.1, 0.15) is 46.0 Å². The Bertz CT molecular complexity index is 462. The van der Waals surface area contributed by atoms with Crippen molar-refractivity contribution < 1.29 is 13.9 Å². The number of rotatable bonds is 3. The maximum Gasteiger partial charge on any atom is 0.241 e. The van der Waals surface area contributed by atoms with Gasteiger partial charge in [0.05, 0.1) is 11.8 Å². The van der Waals surface area contributed by atoms with E-state index in [1.807, 2.05) is 0 Å². The third kappa shape index (κ3) is 1.60. The van der Waals surface area contributed by atoms with Crippen LogP contribution in [0.5, 0.6) is 0 Å². The smallest absolute Gasteiger partial charge is 0.241 e. The van der Waals surface area contributed by atoms with E-state index in [2.05, 4.69) is 20.4 Å². The van der Waals surface area contributed by atoms with E-state index in [1.165, 1.54) is 4.31 Å². The molecule has 3 atom stereocenters. The highest BCUT2D eigenvalue weighted by Crippen LogP contribution is 2.76.